The van der Waals surface area contributed by atoms with Gasteiger partial charge in [0.1, 0.15) is 0 Å². The zero-order valence-electron chi connectivity index (χ0n) is 13.9. The van der Waals surface area contributed by atoms with E-state index in [4.69, 9.17) is 5.26 Å². The second kappa shape index (κ2) is 8.89. The van der Waals surface area contributed by atoms with E-state index in [0.717, 1.165) is 31.1 Å². The molecule has 0 saturated carbocycles. The van der Waals surface area contributed by atoms with E-state index in [1.54, 1.807) is 0 Å². The second-order valence-corrected chi connectivity index (χ2v) is 6.53. The van der Waals surface area contributed by atoms with Crippen LogP contribution in [0.3, 0.4) is 0 Å². The molecule has 0 atom stereocenters. The quantitative estimate of drug-likeness (QED) is 0.835. The Morgan fingerprint density at radius 1 is 1.32 bits per heavy atom. The Balaban J connectivity index is 1.63. The van der Waals surface area contributed by atoms with Crippen molar-refractivity contribution in [3.05, 3.63) is 35.4 Å². The maximum Gasteiger partial charge on any atom is 0.0991 e. The van der Waals surface area contributed by atoms with Crippen LogP contribution in [0.1, 0.15) is 24.0 Å². The van der Waals surface area contributed by atoms with E-state index in [1.165, 1.54) is 38.0 Å². The number of hydrogen-bond donors (Lipinski definition) is 1. The van der Waals surface area contributed by atoms with Crippen molar-refractivity contribution in [2.24, 2.45) is 5.92 Å². The van der Waals surface area contributed by atoms with Gasteiger partial charge in [-0.2, -0.15) is 5.26 Å². The Kier molecular flexibility index (Phi) is 6.85. The van der Waals surface area contributed by atoms with E-state index in [0.29, 0.717) is 0 Å². The van der Waals surface area contributed by atoms with E-state index in [-0.39, 0.29) is 0 Å². The molecule has 1 saturated heterocycles. The molecule has 1 aromatic rings. The van der Waals surface area contributed by atoms with Crippen molar-refractivity contribution in [2.75, 3.05) is 46.8 Å². The van der Waals surface area contributed by atoms with Crippen LogP contribution in [0.4, 0.5) is 0 Å². The molecule has 0 radical (unpaired) electrons. The summed E-state index contributed by atoms with van der Waals surface area (Å²) >= 11 is 0. The number of benzene rings is 1. The molecule has 1 aliphatic heterocycles. The summed E-state index contributed by atoms with van der Waals surface area (Å²) in [7, 11) is 4.27. The van der Waals surface area contributed by atoms with Gasteiger partial charge in [-0.05, 0) is 70.2 Å². The Morgan fingerprint density at radius 2 is 2.09 bits per heavy atom. The summed E-state index contributed by atoms with van der Waals surface area (Å²) < 4.78 is 0. The number of hydrogen-bond acceptors (Lipinski definition) is 4. The predicted octanol–water partition coefficient (Wildman–Crippen LogP) is 1.92. The van der Waals surface area contributed by atoms with Gasteiger partial charge in [-0.25, -0.2) is 0 Å². The van der Waals surface area contributed by atoms with E-state index < -0.39 is 0 Å². The molecule has 1 fully saturated rings. The Labute approximate surface area is 134 Å². The first-order chi connectivity index (χ1) is 10.7. The highest BCUT2D eigenvalue weighted by Gasteiger charge is 2.18. The summed E-state index contributed by atoms with van der Waals surface area (Å²) in [5.74, 6) is 0.787. The van der Waals surface area contributed by atoms with Crippen LogP contribution in [0.2, 0.25) is 0 Å². The van der Waals surface area contributed by atoms with Crippen molar-refractivity contribution in [1.82, 2.24) is 15.1 Å². The van der Waals surface area contributed by atoms with Crippen molar-refractivity contribution >= 4 is 0 Å². The molecule has 1 N–H and O–H groups in total. The third-order valence-corrected chi connectivity index (χ3v) is 4.39. The highest BCUT2D eigenvalue weighted by molar-refractivity contribution is 5.32. The Bertz CT molecular complexity index is 484. The van der Waals surface area contributed by atoms with E-state index >= 15 is 0 Å². The van der Waals surface area contributed by atoms with Gasteiger partial charge in [0.05, 0.1) is 11.6 Å². The molecule has 4 nitrogen and oxygen atoms in total. The van der Waals surface area contributed by atoms with Gasteiger partial charge in [-0.3, -0.25) is 0 Å². The number of nitrogens with zero attached hydrogens (tertiary/aromatic N) is 3. The van der Waals surface area contributed by atoms with E-state index in [9.17, 15) is 0 Å². The van der Waals surface area contributed by atoms with Crippen molar-refractivity contribution in [3.63, 3.8) is 0 Å². The number of piperidine rings is 1. The fourth-order valence-corrected chi connectivity index (χ4v) is 2.93. The number of nitrogens with one attached hydrogen (secondary N) is 1. The number of nitriles is 1. The fourth-order valence-electron chi connectivity index (χ4n) is 2.93. The summed E-state index contributed by atoms with van der Waals surface area (Å²) in [5.41, 5.74) is 1.94. The van der Waals surface area contributed by atoms with Crippen LogP contribution >= 0.6 is 0 Å². The predicted molar refractivity (Wildman–Crippen MR) is 90.6 cm³/mol. The summed E-state index contributed by atoms with van der Waals surface area (Å²) in [6.07, 6.45) is 2.58. The lowest BCUT2D eigenvalue weighted by molar-refractivity contribution is 0.169. The van der Waals surface area contributed by atoms with Gasteiger partial charge in [-0.1, -0.05) is 12.1 Å². The van der Waals surface area contributed by atoms with Gasteiger partial charge in [0.15, 0.2) is 0 Å². The summed E-state index contributed by atoms with van der Waals surface area (Å²) in [4.78, 5) is 4.83. The first-order valence-corrected chi connectivity index (χ1v) is 8.24. The molecule has 1 aliphatic rings. The number of likely N-dealkylation sites (tertiary alicyclic amines) is 1. The molecular formula is C18H28N4. The molecule has 0 amide bonds. The molecule has 1 heterocycles. The average molecular weight is 300 g/mol. The van der Waals surface area contributed by atoms with E-state index in [1.807, 2.05) is 18.2 Å². The minimum atomic E-state index is 0.744. The van der Waals surface area contributed by atoms with Crippen LogP contribution in [0.25, 0.3) is 0 Å². The molecule has 2 rings (SSSR count). The van der Waals surface area contributed by atoms with Crippen LogP contribution in [-0.4, -0.2) is 56.6 Å². The van der Waals surface area contributed by atoms with E-state index in [2.05, 4.69) is 41.3 Å². The smallest absolute Gasteiger partial charge is 0.0991 e. The van der Waals surface area contributed by atoms with Crippen LogP contribution in [-0.2, 0) is 6.54 Å². The van der Waals surface area contributed by atoms with Crippen molar-refractivity contribution < 1.29 is 0 Å². The van der Waals surface area contributed by atoms with Gasteiger partial charge in [-0.15, -0.1) is 0 Å². The lowest BCUT2D eigenvalue weighted by atomic mass is 9.96. The fraction of sp³-hybridized carbons (Fsp3) is 0.611. The van der Waals surface area contributed by atoms with Crippen molar-refractivity contribution in [1.29, 1.82) is 5.26 Å². The lowest BCUT2D eigenvalue weighted by Crippen LogP contribution is -2.40. The van der Waals surface area contributed by atoms with Crippen LogP contribution < -0.4 is 5.32 Å². The molecule has 0 spiro atoms. The molecule has 4 heteroatoms. The Morgan fingerprint density at radius 3 is 2.77 bits per heavy atom. The molecule has 22 heavy (non-hydrogen) atoms. The van der Waals surface area contributed by atoms with Gasteiger partial charge >= 0.3 is 0 Å². The van der Waals surface area contributed by atoms with Gasteiger partial charge in [0.25, 0.3) is 0 Å². The summed E-state index contributed by atoms with van der Waals surface area (Å²) in [6.45, 7) is 6.73. The minimum absolute atomic E-state index is 0.744. The minimum Gasteiger partial charge on any atom is -0.312 e. The van der Waals surface area contributed by atoms with Crippen molar-refractivity contribution in [3.8, 4) is 6.07 Å². The van der Waals surface area contributed by atoms with Gasteiger partial charge < -0.3 is 15.1 Å². The molecule has 1 aromatic carbocycles. The largest absolute Gasteiger partial charge is 0.312 e. The molecule has 0 unspecified atom stereocenters. The van der Waals surface area contributed by atoms with Crippen molar-refractivity contribution in [2.45, 2.75) is 19.4 Å². The van der Waals surface area contributed by atoms with Gasteiger partial charge in [0, 0.05) is 19.6 Å². The molecule has 0 aliphatic carbocycles. The molecular weight excluding hydrogens is 272 g/mol. The summed E-state index contributed by atoms with van der Waals surface area (Å²) in [6, 6.07) is 10.1. The highest BCUT2D eigenvalue weighted by Crippen LogP contribution is 2.16. The number of likely N-dealkylation sites (N-methyl/N-ethyl adjacent to an activating group) is 1. The zero-order chi connectivity index (χ0) is 15.8. The van der Waals surface area contributed by atoms with Crippen LogP contribution in [0.5, 0.6) is 0 Å². The zero-order valence-corrected chi connectivity index (χ0v) is 13.9. The second-order valence-electron chi connectivity index (χ2n) is 6.53. The monoisotopic (exact) mass is 300 g/mol. The third kappa shape index (κ3) is 5.76. The highest BCUT2D eigenvalue weighted by atomic mass is 15.2. The lowest BCUT2D eigenvalue weighted by Gasteiger charge is -2.32. The van der Waals surface area contributed by atoms with Crippen LogP contribution in [0.15, 0.2) is 24.3 Å². The summed E-state index contributed by atoms with van der Waals surface area (Å²) in [5, 5.41) is 12.5. The Hall–Kier alpha value is -1.41. The SMILES string of the molecule is CN(C)CCN1CCC(CNCc2cccc(C#N)c2)CC1. The topological polar surface area (TPSA) is 42.3 Å². The maximum atomic E-state index is 8.92. The molecule has 0 bridgehead atoms. The molecule has 0 aromatic heterocycles. The maximum absolute atomic E-state index is 8.92. The number of rotatable bonds is 7. The third-order valence-electron chi connectivity index (χ3n) is 4.39. The first-order valence-electron chi connectivity index (χ1n) is 8.24. The standard InChI is InChI=1S/C18H28N4/c1-21(2)10-11-22-8-6-16(7-9-22)14-20-15-18-5-3-4-17(12-18)13-19/h3-5,12,16,20H,6-11,14-15H2,1-2H3. The molecule has 120 valence electrons. The van der Waals surface area contributed by atoms with Crippen LogP contribution in [0, 0.1) is 17.2 Å². The normalized spacial score (nSPS) is 16.8. The average Bonchev–Trinajstić information content (AvgIpc) is 2.54. The first kappa shape index (κ1) is 17.0. The van der Waals surface area contributed by atoms with Gasteiger partial charge in [0.2, 0.25) is 0 Å².